The van der Waals surface area contributed by atoms with Gasteiger partial charge < -0.3 is 4.74 Å². The molecule has 1 aliphatic carbocycles. The van der Waals surface area contributed by atoms with Crippen LogP contribution in [0.4, 0.5) is 0 Å². The largest absolute Gasteiger partial charge is 0.457 e. The van der Waals surface area contributed by atoms with Gasteiger partial charge >= 0.3 is 0 Å². The van der Waals surface area contributed by atoms with Gasteiger partial charge in [-0.3, -0.25) is 10.0 Å². The first-order chi connectivity index (χ1) is 13.8. The molecule has 0 saturated heterocycles. The smallest absolute Gasteiger partial charge is 0.274 e. The van der Waals surface area contributed by atoms with E-state index in [0.717, 1.165) is 28.4 Å². The first-order valence-corrected chi connectivity index (χ1v) is 10.2. The summed E-state index contributed by atoms with van der Waals surface area (Å²) < 4.78 is 5.79. The number of allylic oxidation sites excluding steroid dienone is 3. The maximum Gasteiger partial charge on any atom is 0.274 e. The maximum absolute atomic E-state index is 11.8. The van der Waals surface area contributed by atoms with Crippen LogP contribution in [0, 0.1) is 0 Å². The van der Waals surface area contributed by atoms with Crippen molar-refractivity contribution in [2.45, 2.75) is 25.2 Å². The summed E-state index contributed by atoms with van der Waals surface area (Å²) in [5.41, 5.74) is 3.07. The van der Waals surface area contributed by atoms with Crippen LogP contribution in [-0.2, 0) is 4.79 Å². The molecule has 1 aliphatic rings. The van der Waals surface area contributed by atoms with Crippen molar-refractivity contribution < 1.29 is 14.7 Å². The van der Waals surface area contributed by atoms with Crippen LogP contribution >= 0.6 is 11.8 Å². The third-order valence-corrected chi connectivity index (χ3v) is 4.83. The lowest BCUT2D eigenvalue weighted by molar-refractivity contribution is -0.124. The second-order valence-electron chi connectivity index (χ2n) is 5.60. The summed E-state index contributed by atoms with van der Waals surface area (Å²) in [4.78, 5) is 12.9. The summed E-state index contributed by atoms with van der Waals surface area (Å²) in [5, 5.41) is 8.92. The van der Waals surface area contributed by atoms with E-state index in [2.05, 4.69) is 0 Å². The van der Waals surface area contributed by atoms with Gasteiger partial charge in [-0.15, -0.1) is 11.8 Å². The molecule has 0 radical (unpaired) electrons. The zero-order valence-electron chi connectivity index (χ0n) is 16.1. The number of thioether (sulfide) groups is 1. The zero-order chi connectivity index (χ0) is 20.2. The van der Waals surface area contributed by atoms with Crippen LogP contribution in [0.3, 0.4) is 0 Å². The van der Waals surface area contributed by atoms with Crippen molar-refractivity contribution in [2.24, 2.45) is 0 Å². The fourth-order valence-electron chi connectivity index (χ4n) is 2.47. The molecule has 0 saturated carbocycles. The van der Waals surface area contributed by atoms with Crippen molar-refractivity contribution in [2.75, 3.05) is 5.75 Å². The average molecular weight is 396 g/mol. The fraction of sp³-hybridized carbons (Fsp3) is 0.174. The summed E-state index contributed by atoms with van der Waals surface area (Å²) in [5.74, 6) is 1.71. The Morgan fingerprint density at radius 1 is 1.00 bits per heavy atom. The Bertz CT molecular complexity index is 840. The minimum absolute atomic E-state index is 0.484. The summed E-state index contributed by atoms with van der Waals surface area (Å²) in [6.45, 7) is 4.00. The van der Waals surface area contributed by atoms with Crippen molar-refractivity contribution >= 4 is 17.7 Å². The molecule has 0 bridgehead atoms. The molecule has 2 aromatic carbocycles. The van der Waals surface area contributed by atoms with Crippen molar-refractivity contribution in [3.8, 4) is 11.5 Å². The number of hydrogen-bond acceptors (Lipinski definition) is 4. The second-order valence-corrected chi connectivity index (χ2v) is 6.64. The molecule has 146 valence electrons. The number of carbonyl (C=O) groups is 1. The monoisotopic (exact) mass is 395 g/mol. The second kappa shape index (κ2) is 11.8. The number of amides is 1. The molecule has 2 aromatic rings. The summed E-state index contributed by atoms with van der Waals surface area (Å²) in [6.07, 6.45) is 8.35. The van der Waals surface area contributed by atoms with Crippen LogP contribution in [0.1, 0.15) is 20.3 Å². The van der Waals surface area contributed by atoms with Crippen molar-refractivity contribution in [3.05, 3.63) is 90.0 Å². The SMILES string of the molecule is CC.O=C(NO)C1=C(CSc2ccc(Oc3ccccc3)cc2)C=CCC=C1. The highest BCUT2D eigenvalue weighted by atomic mass is 32.2. The molecule has 4 nitrogen and oxygen atoms in total. The van der Waals surface area contributed by atoms with Crippen molar-refractivity contribution in [1.29, 1.82) is 0 Å². The molecule has 28 heavy (non-hydrogen) atoms. The van der Waals surface area contributed by atoms with E-state index in [-0.39, 0.29) is 0 Å². The molecule has 3 rings (SSSR count). The number of rotatable bonds is 6. The number of ether oxygens (including phenoxy) is 1. The third kappa shape index (κ3) is 6.44. The topological polar surface area (TPSA) is 58.6 Å². The van der Waals surface area contributed by atoms with Gasteiger partial charge in [0.2, 0.25) is 0 Å². The van der Waals surface area contributed by atoms with E-state index < -0.39 is 5.91 Å². The third-order valence-electron chi connectivity index (χ3n) is 3.76. The van der Waals surface area contributed by atoms with E-state index in [0.29, 0.717) is 11.3 Å². The van der Waals surface area contributed by atoms with Gasteiger partial charge in [0.05, 0.1) is 0 Å². The van der Waals surface area contributed by atoms with Crippen LogP contribution < -0.4 is 10.2 Å². The lowest BCUT2D eigenvalue weighted by Crippen LogP contribution is -2.21. The molecule has 0 fully saturated rings. The summed E-state index contributed by atoms with van der Waals surface area (Å²) in [7, 11) is 0. The van der Waals surface area contributed by atoms with Gasteiger partial charge in [0.1, 0.15) is 11.5 Å². The first-order valence-electron chi connectivity index (χ1n) is 9.22. The Hall–Kier alpha value is -2.76. The Morgan fingerprint density at radius 2 is 1.64 bits per heavy atom. The number of carbonyl (C=O) groups excluding carboxylic acids is 1. The van der Waals surface area contributed by atoms with E-state index in [1.807, 2.05) is 86.7 Å². The van der Waals surface area contributed by atoms with E-state index in [1.165, 1.54) is 0 Å². The zero-order valence-corrected chi connectivity index (χ0v) is 16.9. The van der Waals surface area contributed by atoms with E-state index >= 15 is 0 Å². The number of hydrogen-bond donors (Lipinski definition) is 2. The molecule has 0 unspecified atom stereocenters. The quantitative estimate of drug-likeness (QED) is 0.362. The molecular weight excluding hydrogens is 370 g/mol. The molecule has 0 spiro atoms. The predicted molar refractivity (Wildman–Crippen MR) is 115 cm³/mol. The first kappa shape index (κ1) is 21.5. The molecular formula is C23H25NO3S. The van der Waals surface area contributed by atoms with Gasteiger partial charge in [-0.2, -0.15) is 0 Å². The minimum atomic E-state index is -0.491. The van der Waals surface area contributed by atoms with E-state index in [4.69, 9.17) is 9.94 Å². The molecule has 2 N–H and O–H groups in total. The molecule has 0 aromatic heterocycles. The van der Waals surface area contributed by atoms with Crippen molar-refractivity contribution in [1.82, 2.24) is 5.48 Å². The van der Waals surface area contributed by atoms with Crippen molar-refractivity contribution in [3.63, 3.8) is 0 Å². The fourth-order valence-corrected chi connectivity index (χ4v) is 3.37. The Kier molecular flexibility index (Phi) is 9.11. The average Bonchev–Trinajstić information content (AvgIpc) is 3.00. The van der Waals surface area contributed by atoms with Crippen LogP contribution in [0.5, 0.6) is 11.5 Å². The highest BCUT2D eigenvalue weighted by Gasteiger charge is 2.12. The lowest BCUT2D eigenvalue weighted by Gasteiger charge is -2.09. The lowest BCUT2D eigenvalue weighted by atomic mass is 10.1. The number of benzene rings is 2. The van der Waals surface area contributed by atoms with Gasteiger partial charge in [0, 0.05) is 16.2 Å². The van der Waals surface area contributed by atoms with Gasteiger partial charge in [-0.1, -0.05) is 56.4 Å². The number of para-hydroxylation sites is 1. The van der Waals surface area contributed by atoms with Crippen LogP contribution in [-0.4, -0.2) is 16.9 Å². The molecule has 0 heterocycles. The van der Waals surface area contributed by atoms with Gasteiger partial charge in [0.15, 0.2) is 0 Å². The minimum Gasteiger partial charge on any atom is -0.457 e. The van der Waals surface area contributed by atoms with E-state index in [9.17, 15) is 4.79 Å². The standard InChI is InChI=1S/C21H19NO3S.C2H6/c23-21(22-24)20-10-6-1-3-7-16(20)15-26-19-13-11-18(12-14-19)25-17-8-4-2-5-9-17;1-2/h2-14,24H,1,15H2,(H,22,23);1-2H3. The number of nitrogens with one attached hydrogen (secondary N) is 1. The van der Waals surface area contributed by atoms with Gasteiger partial charge in [0.25, 0.3) is 5.91 Å². The molecule has 1 amide bonds. The van der Waals surface area contributed by atoms with Crippen LogP contribution in [0.15, 0.2) is 94.9 Å². The normalized spacial score (nSPS) is 12.7. The molecule has 5 heteroatoms. The Morgan fingerprint density at radius 3 is 2.32 bits per heavy atom. The van der Waals surface area contributed by atoms with Gasteiger partial charge in [-0.25, -0.2) is 5.48 Å². The summed E-state index contributed by atoms with van der Waals surface area (Å²) >= 11 is 1.62. The van der Waals surface area contributed by atoms with Crippen LogP contribution in [0.25, 0.3) is 0 Å². The Balaban J connectivity index is 0.00000136. The highest BCUT2D eigenvalue weighted by Crippen LogP contribution is 2.28. The van der Waals surface area contributed by atoms with Gasteiger partial charge in [-0.05, 0) is 48.4 Å². The van der Waals surface area contributed by atoms with E-state index in [1.54, 1.807) is 23.3 Å². The molecule has 0 atom stereocenters. The maximum atomic E-state index is 11.8. The predicted octanol–water partition coefficient (Wildman–Crippen LogP) is 5.92. The molecule has 0 aliphatic heterocycles. The highest BCUT2D eigenvalue weighted by molar-refractivity contribution is 7.99. The summed E-state index contributed by atoms with van der Waals surface area (Å²) in [6, 6.07) is 17.5. The number of hydroxylamine groups is 1. The van der Waals surface area contributed by atoms with Crippen LogP contribution in [0.2, 0.25) is 0 Å². The Labute approximate surface area is 170 Å².